The van der Waals surface area contributed by atoms with Crippen LogP contribution in [0.15, 0.2) is 48.8 Å². The monoisotopic (exact) mass is 373 g/mol. The molecule has 0 aliphatic carbocycles. The van der Waals surface area contributed by atoms with Crippen LogP contribution in [0.25, 0.3) is 0 Å². The maximum Gasteiger partial charge on any atom is 0.196 e. The highest BCUT2D eigenvalue weighted by molar-refractivity contribution is 6.35. The van der Waals surface area contributed by atoms with Crippen molar-refractivity contribution in [2.45, 2.75) is 0 Å². The predicted molar refractivity (Wildman–Crippen MR) is 100 cm³/mol. The van der Waals surface area contributed by atoms with Crippen molar-refractivity contribution in [3.05, 3.63) is 70.0 Å². The molecule has 0 aliphatic heterocycles. The van der Waals surface area contributed by atoms with E-state index in [0.29, 0.717) is 32.7 Å². The molecule has 126 valence electrons. The van der Waals surface area contributed by atoms with Crippen LogP contribution in [0.1, 0.15) is 15.9 Å². The molecule has 0 aliphatic rings. The minimum Gasteiger partial charge on any atom is -0.393 e. The minimum atomic E-state index is -0.281. The largest absolute Gasteiger partial charge is 0.393 e. The lowest BCUT2D eigenvalue weighted by atomic mass is 10.0. The van der Waals surface area contributed by atoms with Gasteiger partial charge in [0.2, 0.25) is 0 Å². The number of carbonyl (C=O) groups is 1. The van der Waals surface area contributed by atoms with Crippen LogP contribution in [0, 0.1) is 0 Å². The Morgan fingerprint density at radius 1 is 1.00 bits per heavy atom. The highest BCUT2D eigenvalue weighted by Gasteiger charge is 2.18. The Balaban J connectivity index is 2.06. The number of hydrogen-bond acceptors (Lipinski definition) is 6. The van der Waals surface area contributed by atoms with Crippen LogP contribution in [0.5, 0.6) is 0 Å². The quantitative estimate of drug-likeness (QED) is 0.598. The second kappa shape index (κ2) is 6.96. The van der Waals surface area contributed by atoms with Crippen molar-refractivity contribution in [3.63, 3.8) is 0 Å². The molecule has 0 spiro atoms. The number of carbonyl (C=O) groups excluding carboxylic acids is 1. The van der Waals surface area contributed by atoms with Gasteiger partial charge in [0, 0.05) is 16.1 Å². The third-order valence-corrected chi connectivity index (χ3v) is 4.08. The second-order valence-electron chi connectivity index (χ2n) is 5.15. The summed E-state index contributed by atoms with van der Waals surface area (Å²) in [5.74, 6) is 0.157. The highest BCUT2D eigenvalue weighted by atomic mass is 35.5. The standard InChI is InChI=1S/C17H13Cl2N5O/c18-9-5-6-13(24-17-14(20)16(21)22-8-23-17)11(7-9)15(25)10-3-1-2-4-12(10)19/h1-8H,20H2,(H3,21,22,23,24). The number of ketones is 1. The van der Waals surface area contributed by atoms with Gasteiger partial charge in [-0.05, 0) is 30.3 Å². The molecule has 0 unspecified atom stereocenters. The number of nitrogens with one attached hydrogen (secondary N) is 1. The second-order valence-corrected chi connectivity index (χ2v) is 5.99. The lowest BCUT2D eigenvalue weighted by Gasteiger charge is -2.13. The summed E-state index contributed by atoms with van der Waals surface area (Å²) in [5.41, 5.74) is 12.9. The Labute approximate surface area is 153 Å². The molecule has 0 amide bonds. The fourth-order valence-corrected chi connectivity index (χ4v) is 2.63. The third-order valence-electron chi connectivity index (χ3n) is 3.51. The van der Waals surface area contributed by atoms with E-state index >= 15 is 0 Å². The van der Waals surface area contributed by atoms with Crippen molar-refractivity contribution >= 4 is 52.0 Å². The number of benzene rings is 2. The zero-order chi connectivity index (χ0) is 18.0. The van der Waals surface area contributed by atoms with Gasteiger partial charge in [-0.1, -0.05) is 35.3 Å². The molecule has 2 aromatic carbocycles. The number of anilines is 4. The summed E-state index contributed by atoms with van der Waals surface area (Å²) in [6.07, 6.45) is 1.28. The van der Waals surface area contributed by atoms with Gasteiger partial charge >= 0.3 is 0 Å². The number of halogens is 2. The first-order valence-corrected chi connectivity index (χ1v) is 7.94. The number of nitrogens with two attached hydrogens (primary N) is 2. The van der Waals surface area contributed by atoms with Gasteiger partial charge in [0.05, 0.1) is 10.7 Å². The summed E-state index contributed by atoms with van der Waals surface area (Å²) in [6.45, 7) is 0. The first-order valence-electron chi connectivity index (χ1n) is 7.19. The Morgan fingerprint density at radius 2 is 1.76 bits per heavy atom. The van der Waals surface area contributed by atoms with E-state index < -0.39 is 0 Å². The van der Waals surface area contributed by atoms with Gasteiger partial charge in [0.25, 0.3) is 0 Å². The Kier molecular flexibility index (Phi) is 4.74. The molecule has 0 radical (unpaired) electrons. The van der Waals surface area contributed by atoms with Gasteiger partial charge in [-0.25, -0.2) is 9.97 Å². The van der Waals surface area contributed by atoms with E-state index in [1.165, 1.54) is 6.33 Å². The average molecular weight is 374 g/mol. The Bertz CT molecular complexity index is 962. The summed E-state index contributed by atoms with van der Waals surface area (Å²) in [4.78, 5) is 20.8. The van der Waals surface area contributed by atoms with Crippen molar-refractivity contribution in [2.24, 2.45) is 0 Å². The van der Waals surface area contributed by atoms with Crippen LogP contribution in [0.3, 0.4) is 0 Å². The van der Waals surface area contributed by atoms with E-state index in [0.717, 1.165) is 0 Å². The van der Waals surface area contributed by atoms with Crippen LogP contribution in [0.2, 0.25) is 10.0 Å². The van der Waals surface area contributed by atoms with Crippen molar-refractivity contribution < 1.29 is 4.79 Å². The summed E-state index contributed by atoms with van der Waals surface area (Å²) >= 11 is 12.2. The molecule has 25 heavy (non-hydrogen) atoms. The van der Waals surface area contributed by atoms with Gasteiger partial charge in [0.15, 0.2) is 17.4 Å². The summed E-state index contributed by atoms with van der Waals surface area (Å²) < 4.78 is 0. The molecule has 0 atom stereocenters. The van der Waals surface area contributed by atoms with Crippen molar-refractivity contribution in [1.82, 2.24) is 9.97 Å². The molecule has 3 rings (SSSR count). The maximum absolute atomic E-state index is 12.9. The molecule has 0 bridgehead atoms. The van der Waals surface area contributed by atoms with Crippen LogP contribution >= 0.6 is 23.2 Å². The third kappa shape index (κ3) is 3.50. The topological polar surface area (TPSA) is 107 Å². The number of nitrogens with zero attached hydrogens (tertiary/aromatic N) is 2. The summed E-state index contributed by atoms with van der Waals surface area (Å²) in [5, 5.41) is 3.76. The van der Waals surface area contributed by atoms with Gasteiger partial charge in [-0.3, -0.25) is 4.79 Å². The van der Waals surface area contributed by atoms with E-state index in [1.54, 1.807) is 42.5 Å². The van der Waals surface area contributed by atoms with E-state index in [9.17, 15) is 4.79 Å². The van der Waals surface area contributed by atoms with E-state index in [-0.39, 0.29) is 17.3 Å². The van der Waals surface area contributed by atoms with Crippen molar-refractivity contribution in [3.8, 4) is 0 Å². The van der Waals surface area contributed by atoms with Crippen LogP contribution in [-0.4, -0.2) is 15.8 Å². The lowest BCUT2D eigenvalue weighted by Crippen LogP contribution is -2.09. The van der Waals surface area contributed by atoms with Gasteiger partial charge < -0.3 is 16.8 Å². The average Bonchev–Trinajstić information content (AvgIpc) is 2.60. The smallest absolute Gasteiger partial charge is 0.196 e. The molecule has 0 fully saturated rings. The fourth-order valence-electron chi connectivity index (χ4n) is 2.24. The number of hydrogen-bond donors (Lipinski definition) is 3. The van der Waals surface area contributed by atoms with Gasteiger partial charge in [-0.15, -0.1) is 0 Å². The van der Waals surface area contributed by atoms with Crippen LogP contribution in [0.4, 0.5) is 23.0 Å². The molecule has 0 saturated heterocycles. The summed E-state index contributed by atoms with van der Waals surface area (Å²) in [7, 11) is 0. The number of rotatable bonds is 4. The van der Waals surface area contributed by atoms with E-state index in [4.69, 9.17) is 34.7 Å². The molecule has 1 heterocycles. The Hall–Kier alpha value is -2.83. The Morgan fingerprint density at radius 3 is 2.52 bits per heavy atom. The van der Waals surface area contributed by atoms with E-state index in [1.807, 2.05) is 0 Å². The first kappa shape index (κ1) is 17.0. The molecular weight excluding hydrogens is 361 g/mol. The van der Waals surface area contributed by atoms with Crippen LogP contribution < -0.4 is 16.8 Å². The fraction of sp³-hybridized carbons (Fsp3) is 0. The first-order chi connectivity index (χ1) is 12.0. The SMILES string of the molecule is Nc1ncnc(Nc2ccc(Cl)cc2C(=O)c2ccccc2Cl)c1N. The normalized spacial score (nSPS) is 10.5. The molecule has 0 saturated carbocycles. The van der Waals surface area contributed by atoms with Crippen LogP contribution in [-0.2, 0) is 0 Å². The molecular formula is C17H13Cl2N5O. The molecule has 3 aromatic rings. The highest BCUT2D eigenvalue weighted by Crippen LogP contribution is 2.30. The maximum atomic E-state index is 12.9. The molecule has 6 nitrogen and oxygen atoms in total. The zero-order valence-corrected chi connectivity index (χ0v) is 14.3. The minimum absolute atomic E-state index is 0.144. The lowest BCUT2D eigenvalue weighted by molar-refractivity contribution is 0.103. The van der Waals surface area contributed by atoms with Crippen molar-refractivity contribution in [2.75, 3.05) is 16.8 Å². The zero-order valence-electron chi connectivity index (χ0n) is 12.8. The summed E-state index contributed by atoms with van der Waals surface area (Å²) in [6, 6.07) is 11.6. The molecule has 8 heteroatoms. The number of aromatic nitrogens is 2. The number of nitrogen functional groups attached to an aromatic ring is 2. The van der Waals surface area contributed by atoms with Gasteiger partial charge in [0.1, 0.15) is 12.0 Å². The van der Waals surface area contributed by atoms with Crippen molar-refractivity contribution in [1.29, 1.82) is 0 Å². The predicted octanol–water partition coefficient (Wildman–Crippen LogP) is 3.92. The van der Waals surface area contributed by atoms with E-state index in [2.05, 4.69) is 15.3 Å². The molecule has 5 N–H and O–H groups in total. The molecule has 1 aromatic heterocycles. The van der Waals surface area contributed by atoms with Gasteiger partial charge in [-0.2, -0.15) is 0 Å².